The second-order valence-electron chi connectivity index (χ2n) is 6.81. The fourth-order valence-corrected chi connectivity index (χ4v) is 6.42. The van der Waals surface area contributed by atoms with E-state index in [2.05, 4.69) is 0 Å². The average Bonchev–Trinajstić information content (AvgIpc) is 3.04. The Hall–Kier alpha value is -2.19. The van der Waals surface area contributed by atoms with Crippen LogP contribution in [0.1, 0.15) is 29.2 Å². The molecule has 4 rings (SSSR count). The van der Waals surface area contributed by atoms with Gasteiger partial charge in [-0.3, -0.25) is 0 Å². The molecule has 1 fully saturated rings. The zero-order valence-electron chi connectivity index (χ0n) is 14.9. The van der Waals surface area contributed by atoms with Gasteiger partial charge in [0.15, 0.2) is 0 Å². The molecule has 0 saturated carbocycles. The number of fused-ring (bicyclic) bond motifs is 1. The van der Waals surface area contributed by atoms with Gasteiger partial charge in [-0.25, -0.2) is 0 Å². The number of carbonyl (C=O) groups is 1. The monoisotopic (exact) mass is 465 g/mol. The van der Waals surface area contributed by atoms with Crippen LogP contribution in [0.5, 0.6) is 0 Å². The summed E-state index contributed by atoms with van der Waals surface area (Å²) in [5, 5.41) is 5.89. The molecule has 9 heteroatoms. The number of nitrogens with two attached hydrogens (primary N) is 1. The third-order valence-electron chi connectivity index (χ3n) is 5.03. The van der Waals surface area contributed by atoms with Crippen LogP contribution in [0.3, 0.4) is 0 Å². The number of primary sulfonamides is 1. The summed E-state index contributed by atoms with van der Waals surface area (Å²) in [5.74, 6) is -0.138. The third-order valence-corrected chi connectivity index (χ3v) is 8.50. The Morgan fingerprint density at radius 1 is 1.04 bits per heavy atom. The molecule has 7 nitrogen and oxygen atoms in total. The Labute approximate surface area is 168 Å². The number of hydrogen-bond donors (Lipinski definition) is 1. The van der Waals surface area contributed by atoms with E-state index in [0.717, 1.165) is 22.5 Å². The molecule has 0 unspecified atom stereocenters. The van der Waals surface area contributed by atoms with Crippen molar-refractivity contribution < 1.29 is 13.2 Å². The molecule has 2 heterocycles. The van der Waals surface area contributed by atoms with Gasteiger partial charge in [0.2, 0.25) is 0 Å². The van der Waals surface area contributed by atoms with E-state index in [0.29, 0.717) is 18.7 Å². The predicted octanol–water partition coefficient (Wildman–Crippen LogP) is 1.18. The Morgan fingerprint density at radius 2 is 1.68 bits per heavy atom. The number of hydrogen-bond acceptors (Lipinski definition) is 4. The van der Waals surface area contributed by atoms with Crippen LogP contribution in [0.15, 0.2) is 58.2 Å². The second-order valence-corrected chi connectivity index (χ2v) is 10.5. The number of sulfonamides is 1. The van der Waals surface area contributed by atoms with E-state index in [1.54, 1.807) is 4.90 Å². The third kappa shape index (κ3) is 3.58. The number of amides is 1. The maximum atomic E-state index is 12.7. The van der Waals surface area contributed by atoms with Gasteiger partial charge in [-0.2, -0.15) is 0 Å². The van der Waals surface area contributed by atoms with Crippen LogP contribution in [0, 0.1) is 0 Å². The topological polar surface area (TPSA) is 102 Å². The van der Waals surface area contributed by atoms with Crippen molar-refractivity contribution in [3.8, 4) is 0 Å². The zero-order chi connectivity index (χ0) is 19.9. The van der Waals surface area contributed by atoms with Crippen molar-refractivity contribution in [2.75, 3.05) is 13.1 Å². The van der Waals surface area contributed by atoms with E-state index >= 15 is 0 Å². The quantitative estimate of drug-likeness (QED) is 0.588. The van der Waals surface area contributed by atoms with Crippen LogP contribution in [-0.2, 0) is 10.0 Å². The molecule has 2 aromatic carbocycles. The average molecular weight is 464 g/mol. The van der Waals surface area contributed by atoms with E-state index in [-0.39, 0.29) is 37.1 Å². The van der Waals surface area contributed by atoms with Gasteiger partial charge in [0.1, 0.15) is 0 Å². The molecule has 2 N–H and O–H groups in total. The van der Waals surface area contributed by atoms with Crippen molar-refractivity contribution in [1.29, 1.82) is 0 Å². The van der Waals surface area contributed by atoms with Gasteiger partial charge in [-0.05, 0) is 0 Å². The van der Waals surface area contributed by atoms with Gasteiger partial charge in [0.25, 0.3) is 0 Å². The molecule has 0 radical (unpaired) electrons. The van der Waals surface area contributed by atoms with E-state index in [4.69, 9.17) is 5.14 Å². The first-order valence-corrected chi connectivity index (χ1v) is 12.0. The van der Waals surface area contributed by atoms with Crippen LogP contribution >= 0.6 is 0 Å². The van der Waals surface area contributed by atoms with Crippen molar-refractivity contribution in [3.63, 3.8) is 0 Å². The number of likely N-dealkylation sites (tertiary alicyclic amines) is 1. The summed E-state index contributed by atoms with van der Waals surface area (Å²) in [6, 6.07) is 13.5. The van der Waals surface area contributed by atoms with Crippen molar-refractivity contribution >= 4 is 40.3 Å². The molecular formula is C19H19N3O4SSe. The number of benzene rings is 2. The van der Waals surface area contributed by atoms with Crippen LogP contribution in [-0.4, -0.2) is 50.6 Å². The van der Waals surface area contributed by atoms with Crippen molar-refractivity contribution in [2.24, 2.45) is 5.14 Å². The fraction of sp³-hybridized carbons (Fsp3) is 0.263. The maximum absolute atomic E-state index is 12.7. The van der Waals surface area contributed by atoms with Crippen molar-refractivity contribution in [1.82, 2.24) is 8.46 Å². The molecule has 1 aromatic heterocycles. The Morgan fingerprint density at radius 3 is 2.29 bits per heavy atom. The summed E-state index contributed by atoms with van der Waals surface area (Å²) in [7, 11) is -3.78. The molecule has 0 bridgehead atoms. The summed E-state index contributed by atoms with van der Waals surface area (Å²) in [5.41, 5.74) is 0.527. The van der Waals surface area contributed by atoms with Gasteiger partial charge < -0.3 is 0 Å². The van der Waals surface area contributed by atoms with Gasteiger partial charge in [-0.1, -0.05) is 0 Å². The Bertz CT molecular complexity index is 1190. The van der Waals surface area contributed by atoms with Crippen molar-refractivity contribution in [2.45, 2.75) is 23.8 Å². The molecule has 146 valence electrons. The summed E-state index contributed by atoms with van der Waals surface area (Å²) in [4.78, 5) is 27.1. The molecule has 1 amide bonds. The van der Waals surface area contributed by atoms with Gasteiger partial charge in [-0.15, -0.1) is 0 Å². The van der Waals surface area contributed by atoms with Gasteiger partial charge >= 0.3 is 168 Å². The number of nitrogens with zero attached hydrogens (tertiary/aromatic N) is 2. The number of rotatable bonds is 3. The Balaban J connectivity index is 1.47. The molecule has 1 aliphatic heterocycles. The Kier molecular flexibility index (Phi) is 5.01. The molecule has 1 saturated heterocycles. The first kappa shape index (κ1) is 19.1. The molecule has 1 aliphatic rings. The number of carbonyl (C=O) groups excluding carboxylic acids is 1. The summed E-state index contributed by atoms with van der Waals surface area (Å²) >= 11 is -0.00588. The molecule has 0 spiro atoms. The normalized spacial score (nSPS) is 15.8. The first-order chi connectivity index (χ1) is 13.3. The summed E-state index contributed by atoms with van der Waals surface area (Å²) < 4.78 is 25.8. The fourth-order valence-electron chi connectivity index (χ4n) is 3.50. The SMILES string of the molecule is NS(=O)(=O)c1ccc(C(=O)N2CCC(n3[se]c4ccccc4c3=O)CC2)cc1. The molecule has 3 aromatic rings. The van der Waals surface area contributed by atoms with Crippen LogP contribution in [0.25, 0.3) is 9.65 Å². The first-order valence-electron chi connectivity index (χ1n) is 8.87. The minimum atomic E-state index is -3.78. The van der Waals surface area contributed by atoms with Crippen LogP contribution < -0.4 is 10.7 Å². The van der Waals surface area contributed by atoms with Crippen LogP contribution in [0.2, 0.25) is 0 Å². The molecule has 0 aliphatic carbocycles. The predicted molar refractivity (Wildman–Crippen MR) is 107 cm³/mol. The van der Waals surface area contributed by atoms with Gasteiger partial charge in [0.05, 0.1) is 0 Å². The van der Waals surface area contributed by atoms with E-state index in [9.17, 15) is 18.0 Å². The van der Waals surface area contributed by atoms with Gasteiger partial charge in [0, 0.05) is 0 Å². The number of aromatic nitrogens is 1. The van der Waals surface area contributed by atoms with Crippen LogP contribution in [0.4, 0.5) is 0 Å². The number of piperidine rings is 1. The molecular weight excluding hydrogens is 445 g/mol. The molecule has 0 atom stereocenters. The van der Waals surface area contributed by atoms with E-state index < -0.39 is 10.0 Å². The molecule has 28 heavy (non-hydrogen) atoms. The van der Waals surface area contributed by atoms with E-state index in [1.807, 2.05) is 27.8 Å². The van der Waals surface area contributed by atoms with Crippen molar-refractivity contribution in [3.05, 3.63) is 64.4 Å². The summed E-state index contributed by atoms with van der Waals surface area (Å²) in [6.45, 7) is 1.13. The van der Waals surface area contributed by atoms with E-state index in [1.165, 1.54) is 24.3 Å². The summed E-state index contributed by atoms with van der Waals surface area (Å²) in [6.07, 6.45) is 1.48. The minimum absolute atomic E-state index is 0.00588. The second kappa shape index (κ2) is 7.33. The zero-order valence-corrected chi connectivity index (χ0v) is 17.5. The standard InChI is InChI=1S/C19H19N3O4SSe/c20-27(25,26)15-7-5-13(6-8-15)18(23)21-11-9-14(10-12-21)22-19(24)16-3-1-2-4-17(16)28-22/h1-8,14H,9-12H2,(H2,20,25,26).